The fourth-order valence-corrected chi connectivity index (χ4v) is 4.33. The highest BCUT2D eigenvalue weighted by Crippen LogP contribution is 2.24. The van der Waals surface area contributed by atoms with E-state index in [2.05, 4.69) is 16.3 Å². The molecule has 0 bridgehead atoms. The summed E-state index contributed by atoms with van der Waals surface area (Å²) >= 11 is 0. The van der Waals surface area contributed by atoms with Crippen LogP contribution in [0.3, 0.4) is 0 Å². The summed E-state index contributed by atoms with van der Waals surface area (Å²) < 4.78 is 10.8. The van der Waals surface area contributed by atoms with Crippen molar-refractivity contribution in [2.45, 2.75) is 38.6 Å². The van der Waals surface area contributed by atoms with Crippen molar-refractivity contribution < 1.29 is 9.47 Å². The maximum absolute atomic E-state index is 5.50. The third kappa shape index (κ3) is 6.51. The molecule has 0 atom stereocenters. The Morgan fingerprint density at radius 2 is 1.74 bits per heavy atom. The number of nitrogens with zero attached hydrogens (tertiary/aromatic N) is 5. The highest BCUT2D eigenvalue weighted by atomic mass is 35.5. The maximum Gasteiger partial charge on any atom is 0.156 e. The van der Waals surface area contributed by atoms with Gasteiger partial charge in [-0.05, 0) is 56.9 Å². The van der Waals surface area contributed by atoms with Crippen LogP contribution in [0.2, 0.25) is 0 Å². The van der Waals surface area contributed by atoms with Crippen molar-refractivity contribution >= 4 is 59.6 Å². The first-order valence-corrected chi connectivity index (χ1v) is 11.7. The zero-order valence-corrected chi connectivity index (χ0v) is 21.7. The summed E-state index contributed by atoms with van der Waals surface area (Å²) in [5, 5.41) is 3.60. The van der Waals surface area contributed by atoms with Crippen molar-refractivity contribution in [3.63, 3.8) is 0 Å². The molecule has 0 spiro atoms. The Hall–Kier alpha value is -2.68. The largest absolute Gasteiger partial charge is 0.497 e. The van der Waals surface area contributed by atoms with Gasteiger partial charge in [0, 0.05) is 44.5 Å². The number of rotatable bonds is 6. The van der Waals surface area contributed by atoms with Gasteiger partial charge in [0.15, 0.2) is 5.82 Å². The Bertz CT molecular complexity index is 1160. The van der Waals surface area contributed by atoms with Crippen LogP contribution in [0, 0.1) is 6.92 Å². The van der Waals surface area contributed by atoms with Crippen molar-refractivity contribution in [3.8, 4) is 5.75 Å². The van der Waals surface area contributed by atoms with Crippen molar-refractivity contribution in [3.05, 3.63) is 41.5 Å². The summed E-state index contributed by atoms with van der Waals surface area (Å²) in [6.45, 7) is 5.62. The van der Waals surface area contributed by atoms with Crippen molar-refractivity contribution in [2.75, 3.05) is 43.6 Å². The van der Waals surface area contributed by atoms with Crippen LogP contribution >= 0.6 is 24.8 Å². The van der Waals surface area contributed by atoms with Gasteiger partial charge in [-0.3, -0.25) is 0 Å². The van der Waals surface area contributed by atoms with Crippen LogP contribution in [0.25, 0.3) is 23.2 Å². The number of hydrogen-bond donors (Lipinski definition) is 1. The molecule has 2 aliphatic rings. The summed E-state index contributed by atoms with van der Waals surface area (Å²) in [7, 11) is 1.65. The molecular weight excluding hydrogens is 487 g/mol. The zero-order valence-electron chi connectivity index (χ0n) is 20.1. The van der Waals surface area contributed by atoms with E-state index in [9.17, 15) is 0 Å². The molecule has 2 saturated heterocycles. The molecule has 2 fully saturated rings. The average molecular weight is 519 g/mol. The van der Waals surface area contributed by atoms with E-state index >= 15 is 0 Å². The molecule has 8 nitrogen and oxygen atoms in total. The van der Waals surface area contributed by atoms with Gasteiger partial charge in [-0.25, -0.2) is 19.9 Å². The zero-order chi connectivity index (χ0) is 22.6. The number of halogens is 2. The Balaban J connectivity index is 0.00000171. The van der Waals surface area contributed by atoms with E-state index in [-0.39, 0.29) is 24.8 Å². The summed E-state index contributed by atoms with van der Waals surface area (Å²) in [5.41, 5.74) is 3.30. The van der Waals surface area contributed by atoms with Crippen LogP contribution in [0.15, 0.2) is 24.3 Å². The van der Waals surface area contributed by atoms with Crippen molar-refractivity contribution in [2.24, 2.45) is 0 Å². The maximum atomic E-state index is 5.50. The molecule has 0 radical (unpaired) electrons. The number of nitrogens with one attached hydrogen (secondary N) is 1. The Morgan fingerprint density at radius 3 is 2.49 bits per heavy atom. The minimum absolute atomic E-state index is 0. The van der Waals surface area contributed by atoms with Gasteiger partial charge in [-0.1, -0.05) is 0 Å². The molecule has 10 heteroatoms. The molecule has 2 aliphatic heterocycles. The number of ether oxygens (including phenoxy) is 2. The minimum Gasteiger partial charge on any atom is -0.497 e. The van der Waals surface area contributed by atoms with E-state index < -0.39 is 0 Å². The number of anilines is 2. The highest BCUT2D eigenvalue weighted by molar-refractivity contribution is 5.85. The number of fused-ring (bicyclic) bond motifs is 1. The molecule has 0 amide bonds. The third-order valence-corrected chi connectivity index (χ3v) is 6.21. The second-order valence-electron chi connectivity index (χ2n) is 8.58. The van der Waals surface area contributed by atoms with Crippen molar-refractivity contribution in [1.29, 1.82) is 0 Å². The van der Waals surface area contributed by atoms with Gasteiger partial charge in [0.25, 0.3) is 0 Å². The smallest absolute Gasteiger partial charge is 0.156 e. The van der Waals surface area contributed by atoms with E-state index in [0.717, 1.165) is 79.0 Å². The lowest BCUT2D eigenvalue weighted by Gasteiger charge is -2.24. The first kappa shape index (κ1) is 26.9. The van der Waals surface area contributed by atoms with Crippen LogP contribution in [-0.2, 0) is 4.74 Å². The van der Waals surface area contributed by atoms with Gasteiger partial charge in [-0.15, -0.1) is 24.8 Å². The molecule has 3 aromatic rings. The molecule has 0 saturated carbocycles. The SMILES string of the molecule is COc1ccc2nc(C)c(C=Cc3nc(NC4CCOCC4)cc(N4CCCC4)n3)nc2c1.Cl.Cl. The van der Waals surface area contributed by atoms with Gasteiger partial charge in [0.05, 0.1) is 29.5 Å². The predicted molar refractivity (Wildman–Crippen MR) is 145 cm³/mol. The molecule has 0 aliphatic carbocycles. The van der Waals surface area contributed by atoms with E-state index in [1.165, 1.54) is 12.8 Å². The molecule has 35 heavy (non-hydrogen) atoms. The molecular formula is C25H32Cl2N6O2. The van der Waals surface area contributed by atoms with Crippen LogP contribution < -0.4 is 15.0 Å². The summed E-state index contributed by atoms with van der Waals surface area (Å²) in [6.07, 6.45) is 8.26. The standard InChI is InChI=1S/C25H30N6O2.2ClH/c1-17-20(28-22-15-19(32-2)5-6-21(22)26-17)7-8-23-29-24(27-18-9-13-33-14-10-18)16-25(30-23)31-11-3-4-12-31;;/h5-8,15-16,18H,3-4,9-14H2,1-2H3,(H,27,29,30);2*1H. The third-order valence-electron chi connectivity index (χ3n) is 6.21. The van der Waals surface area contributed by atoms with E-state index in [1.54, 1.807) is 7.11 Å². The van der Waals surface area contributed by atoms with Gasteiger partial charge in [-0.2, -0.15) is 0 Å². The second kappa shape index (κ2) is 12.3. The van der Waals surface area contributed by atoms with Gasteiger partial charge >= 0.3 is 0 Å². The lowest BCUT2D eigenvalue weighted by Crippen LogP contribution is -2.28. The quantitative estimate of drug-likeness (QED) is 0.490. The van der Waals surface area contributed by atoms with Crippen LogP contribution in [0.1, 0.15) is 42.9 Å². The van der Waals surface area contributed by atoms with Crippen LogP contribution in [0.4, 0.5) is 11.6 Å². The van der Waals surface area contributed by atoms with Crippen LogP contribution in [-0.4, -0.2) is 59.4 Å². The minimum atomic E-state index is 0. The number of aryl methyl sites for hydroxylation is 1. The summed E-state index contributed by atoms with van der Waals surface area (Å²) in [6, 6.07) is 8.18. The highest BCUT2D eigenvalue weighted by Gasteiger charge is 2.18. The molecule has 4 heterocycles. The average Bonchev–Trinajstić information content (AvgIpc) is 3.38. The first-order chi connectivity index (χ1) is 16.2. The normalized spacial score (nSPS) is 16.2. The number of benzene rings is 1. The van der Waals surface area contributed by atoms with Crippen LogP contribution in [0.5, 0.6) is 5.75 Å². The predicted octanol–water partition coefficient (Wildman–Crippen LogP) is 4.94. The fourth-order valence-electron chi connectivity index (χ4n) is 4.33. The Kier molecular flexibility index (Phi) is 9.48. The Morgan fingerprint density at radius 1 is 0.971 bits per heavy atom. The first-order valence-electron chi connectivity index (χ1n) is 11.7. The molecule has 5 rings (SSSR count). The lowest BCUT2D eigenvalue weighted by atomic mass is 10.1. The van der Waals surface area contributed by atoms with Gasteiger partial charge < -0.3 is 19.7 Å². The van der Waals surface area contributed by atoms with E-state index in [0.29, 0.717) is 11.9 Å². The number of aromatic nitrogens is 4. The Labute approximate surface area is 218 Å². The van der Waals surface area contributed by atoms with Crippen molar-refractivity contribution in [1.82, 2.24) is 19.9 Å². The van der Waals surface area contributed by atoms with Gasteiger partial charge in [0.2, 0.25) is 0 Å². The number of hydrogen-bond acceptors (Lipinski definition) is 8. The molecule has 2 aromatic heterocycles. The van der Waals surface area contributed by atoms with Gasteiger partial charge in [0.1, 0.15) is 17.4 Å². The fraction of sp³-hybridized carbons (Fsp3) is 0.440. The summed E-state index contributed by atoms with van der Waals surface area (Å²) in [4.78, 5) is 21.4. The second-order valence-corrected chi connectivity index (χ2v) is 8.58. The summed E-state index contributed by atoms with van der Waals surface area (Å²) in [5.74, 6) is 3.27. The molecule has 188 valence electrons. The molecule has 1 N–H and O–H groups in total. The van der Waals surface area contributed by atoms with E-state index in [1.807, 2.05) is 37.3 Å². The molecule has 1 aromatic carbocycles. The topological polar surface area (TPSA) is 85.3 Å². The van der Waals surface area contributed by atoms with E-state index in [4.69, 9.17) is 29.4 Å². The number of methoxy groups -OCH3 is 1. The monoisotopic (exact) mass is 518 g/mol. The lowest BCUT2D eigenvalue weighted by molar-refractivity contribution is 0.0904. The molecule has 0 unspecified atom stereocenters.